The first kappa shape index (κ1) is 14.6. The third-order valence-electron chi connectivity index (χ3n) is 4.16. The van der Waals surface area contributed by atoms with Gasteiger partial charge >= 0.3 is 5.69 Å². The van der Waals surface area contributed by atoms with Gasteiger partial charge in [-0.1, -0.05) is 13.8 Å². The van der Waals surface area contributed by atoms with Crippen molar-refractivity contribution in [1.82, 2.24) is 0 Å². The van der Waals surface area contributed by atoms with E-state index in [2.05, 4.69) is 19.2 Å². The molecule has 110 valence electrons. The Kier molecular flexibility index (Phi) is 4.47. The van der Waals surface area contributed by atoms with E-state index in [0.717, 1.165) is 18.0 Å². The van der Waals surface area contributed by atoms with E-state index in [-0.39, 0.29) is 5.69 Å². The summed E-state index contributed by atoms with van der Waals surface area (Å²) in [5.74, 6) is 1.65. The van der Waals surface area contributed by atoms with Gasteiger partial charge in [0.2, 0.25) is 0 Å². The summed E-state index contributed by atoms with van der Waals surface area (Å²) < 4.78 is 5.02. The van der Waals surface area contributed by atoms with Gasteiger partial charge in [-0.2, -0.15) is 0 Å². The summed E-state index contributed by atoms with van der Waals surface area (Å²) in [5.41, 5.74) is 0.804. The molecule has 3 unspecified atom stereocenters. The Morgan fingerprint density at radius 1 is 1.35 bits per heavy atom. The molecule has 0 saturated heterocycles. The molecule has 0 aliphatic heterocycles. The van der Waals surface area contributed by atoms with Crippen molar-refractivity contribution in [2.24, 2.45) is 11.8 Å². The average molecular weight is 278 g/mol. The lowest BCUT2D eigenvalue weighted by Gasteiger charge is -2.33. The Bertz CT molecular complexity index is 490. The monoisotopic (exact) mass is 278 g/mol. The van der Waals surface area contributed by atoms with Crippen LogP contribution in [0.25, 0.3) is 0 Å². The number of hydrogen-bond acceptors (Lipinski definition) is 4. The summed E-state index contributed by atoms with van der Waals surface area (Å²) in [6.07, 6.45) is 3.53. The Morgan fingerprint density at radius 2 is 2.10 bits per heavy atom. The number of hydrogen-bond donors (Lipinski definition) is 1. The number of ether oxygens (including phenoxy) is 1. The summed E-state index contributed by atoms with van der Waals surface area (Å²) >= 11 is 0. The second-order valence-electron chi connectivity index (χ2n) is 5.79. The minimum atomic E-state index is -0.406. The van der Waals surface area contributed by atoms with Crippen LogP contribution in [0, 0.1) is 22.0 Å². The summed E-state index contributed by atoms with van der Waals surface area (Å²) in [4.78, 5) is 10.6. The van der Waals surface area contributed by atoms with Crippen LogP contribution in [0.4, 0.5) is 11.4 Å². The molecule has 0 aromatic heterocycles. The van der Waals surface area contributed by atoms with Gasteiger partial charge in [0.15, 0.2) is 5.75 Å². The molecule has 0 radical (unpaired) electrons. The van der Waals surface area contributed by atoms with Crippen molar-refractivity contribution < 1.29 is 9.66 Å². The third-order valence-corrected chi connectivity index (χ3v) is 4.16. The number of nitro benzene ring substituents is 1. The zero-order valence-electron chi connectivity index (χ0n) is 12.3. The number of nitro groups is 1. The molecule has 20 heavy (non-hydrogen) atoms. The van der Waals surface area contributed by atoms with Gasteiger partial charge in [-0.25, -0.2) is 0 Å². The molecule has 0 bridgehead atoms. The van der Waals surface area contributed by atoms with Gasteiger partial charge in [-0.05, 0) is 43.2 Å². The predicted molar refractivity (Wildman–Crippen MR) is 79.2 cm³/mol. The van der Waals surface area contributed by atoms with Crippen molar-refractivity contribution in [3.05, 3.63) is 28.3 Å². The number of anilines is 1. The number of nitrogens with one attached hydrogen (secondary N) is 1. The van der Waals surface area contributed by atoms with Crippen molar-refractivity contribution in [3.63, 3.8) is 0 Å². The molecule has 0 amide bonds. The van der Waals surface area contributed by atoms with Gasteiger partial charge in [0.05, 0.1) is 12.0 Å². The molecule has 0 heterocycles. The zero-order chi connectivity index (χ0) is 14.7. The highest BCUT2D eigenvalue weighted by atomic mass is 16.6. The SMILES string of the molecule is COc1ccc(NC2CCC(C)CC2C)cc1[N+](=O)[O-]. The quantitative estimate of drug-likeness (QED) is 0.671. The molecule has 1 aliphatic carbocycles. The standard InChI is InChI=1S/C15H22N2O3/c1-10-4-6-13(11(2)8-10)16-12-5-7-15(20-3)14(9-12)17(18)19/h5,7,9-11,13,16H,4,6,8H2,1-3H3. The van der Waals surface area contributed by atoms with Crippen LogP contribution in [0.15, 0.2) is 18.2 Å². The molecule has 1 aliphatic rings. The molecule has 1 aromatic rings. The number of methoxy groups -OCH3 is 1. The van der Waals surface area contributed by atoms with Gasteiger partial charge < -0.3 is 10.1 Å². The van der Waals surface area contributed by atoms with E-state index < -0.39 is 4.92 Å². The molecular weight excluding hydrogens is 256 g/mol. The smallest absolute Gasteiger partial charge is 0.312 e. The van der Waals surface area contributed by atoms with Crippen LogP contribution >= 0.6 is 0 Å². The highest BCUT2D eigenvalue weighted by Gasteiger charge is 2.25. The van der Waals surface area contributed by atoms with E-state index in [1.54, 1.807) is 12.1 Å². The van der Waals surface area contributed by atoms with E-state index in [0.29, 0.717) is 17.7 Å². The van der Waals surface area contributed by atoms with Crippen LogP contribution < -0.4 is 10.1 Å². The minimum absolute atomic E-state index is 0.00864. The molecule has 3 atom stereocenters. The van der Waals surface area contributed by atoms with Crippen LogP contribution in [-0.4, -0.2) is 18.1 Å². The topological polar surface area (TPSA) is 64.4 Å². The highest BCUT2D eigenvalue weighted by Crippen LogP contribution is 2.33. The minimum Gasteiger partial charge on any atom is -0.490 e. The number of nitrogens with zero attached hydrogens (tertiary/aromatic N) is 1. The highest BCUT2D eigenvalue weighted by molar-refractivity contribution is 5.58. The lowest BCUT2D eigenvalue weighted by Crippen LogP contribution is -2.32. The van der Waals surface area contributed by atoms with E-state index >= 15 is 0 Å². The average Bonchev–Trinajstić information content (AvgIpc) is 2.41. The van der Waals surface area contributed by atoms with Crippen LogP contribution in [0.5, 0.6) is 5.75 Å². The Balaban J connectivity index is 2.13. The van der Waals surface area contributed by atoms with Crippen molar-refractivity contribution >= 4 is 11.4 Å². The molecule has 0 spiro atoms. The van der Waals surface area contributed by atoms with Gasteiger partial charge in [-0.15, -0.1) is 0 Å². The number of rotatable bonds is 4. The van der Waals surface area contributed by atoms with Crippen LogP contribution in [0.2, 0.25) is 0 Å². The second-order valence-corrected chi connectivity index (χ2v) is 5.79. The summed E-state index contributed by atoms with van der Waals surface area (Å²) in [5, 5.41) is 14.5. The zero-order valence-corrected chi connectivity index (χ0v) is 12.3. The van der Waals surface area contributed by atoms with E-state index in [4.69, 9.17) is 4.74 Å². The molecular formula is C15H22N2O3. The normalized spacial score (nSPS) is 26.1. The maximum atomic E-state index is 11.0. The van der Waals surface area contributed by atoms with Crippen LogP contribution in [0.3, 0.4) is 0 Å². The Labute approximate surface area is 119 Å². The van der Waals surface area contributed by atoms with Gasteiger partial charge in [-0.3, -0.25) is 10.1 Å². The first-order valence-electron chi connectivity index (χ1n) is 7.10. The maximum absolute atomic E-state index is 11.0. The Morgan fingerprint density at radius 3 is 2.70 bits per heavy atom. The predicted octanol–water partition coefficient (Wildman–Crippen LogP) is 3.84. The molecule has 1 aromatic carbocycles. The van der Waals surface area contributed by atoms with Crippen molar-refractivity contribution in [1.29, 1.82) is 0 Å². The van der Waals surface area contributed by atoms with Gasteiger partial charge in [0.25, 0.3) is 0 Å². The molecule has 1 fully saturated rings. The first-order valence-corrected chi connectivity index (χ1v) is 7.10. The van der Waals surface area contributed by atoms with Gasteiger partial charge in [0.1, 0.15) is 0 Å². The molecule has 1 saturated carbocycles. The fraction of sp³-hybridized carbons (Fsp3) is 0.600. The second kappa shape index (κ2) is 6.11. The largest absolute Gasteiger partial charge is 0.490 e. The van der Waals surface area contributed by atoms with E-state index in [9.17, 15) is 10.1 Å². The van der Waals surface area contributed by atoms with E-state index in [1.165, 1.54) is 20.0 Å². The fourth-order valence-corrected chi connectivity index (χ4v) is 3.02. The molecule has 5 heteroatoms. The summed E-state index contributed by atoms with van der Waals surface area (Å²) in [6.45, 7) is 4.52. The van der Waals surface area contributed by atoms with E-state index in [1.807, 2.05) is 6.07 Å². The lowest BCUT2D eigenvalue weighted by atomic mass is 9.80. The van der Waals surface area contributed by atoms with Crippen LogP contribution in [-0.2, 0) is 0 Å². The number of benzene rings is 1. The fourth-order valence-electron chi connectivity index (χ4n) is 3.02. The molecule has 1 N–H and O–H groups in total. The molecule has 5 nitrogen and oxygen atoms in total. The van der Waals surface area contributed by atoms with Crippen molar-refractivity contribution in [2.75, 3.05) is 12.4 Å². The Hall–Kier alpha value is -1.78. The molecule has 2 rings (SSSR count). The third kappa shape index (κ3) is 3.21. The summed E-state index contributed by atoms with van der Waals surface area (Å²) in [6, 6.07) is 5.44. The first-order chi connectivity index (χ1) is 9.51. The lowest BCUT2D eigenvalue weighted by molar-refractivity contribution is -0.385. The van der Waals surface area contributed by atoms with Crippen LogP contribution in [0.1, 0.15) is 33.1 Å². The summed E-state index contributed by atoms with van der Waals surface area (Å²) in [7, 11) is 1.44. The van der Waals surface area contributed by atoms with Gasteiger partial charge in [0, 0.05) is 17.8 Å². The van der Waals surface area contributed by atoms with Crippen molar-refractivity contribution in [3.8, 4) is 5.75 Å². The maximum Gasteiger partial charge on any atom is 0.312 e. The van der Waals surface area contributed by atoms with Crippen molar-refractivity contribution in [2.45, 2.75) is 39.2 Å².